The van der Waals surface area contributed by atoms with Gasteiger partial charge in [-0.3, -0.25) is 4.79 Å². The largest absolute Gasteiger partial charge is 0.706 e. The van der Waals surface area contributed by atoms with Gasteiger partial charge in [0.15, 0.2) is 0 Å². The molecule has 0 N–H and O–H groups in total. The van der Waals surface area contributed by atoms with Crippen LogP contribution in [0.15, 0.2) is 53.6 Å². The van der Waals surface area contributed by atoms with Crippen molar-refractivity contribution in [2.24, 2.45) is 5.11 Å². The first-order valence-electron chi connectivity index (χ1n) is 6.50. The van der Waals surface area contributed by atoms with E-state index in [0.29, 0.717) is 23.6 Å². The Balaban J connectivity index is 1.91. The Kier molecular flexibility index (Phi) is 5.04. The lowest BCUT2D eigenvalue weighted by molar-refractivity contribution is -0.134. The maximum absolute atomic E-state index is 11.8. The molecule has 2 rings (SSSR count). The van der Waals surface area contributed by atoms with Gasteiger partial charge in [0, 0.05) is 5.69 Å². The molecule has 0 aliphatic rings. The second kappa shape index (κ2) is 7.19. The highest BCUT2D eigenvalue weighted by molar-refractivity contribution is 5.73. The van der Waals surface area contributed by atoms with Gasteiger partial charge in [-0.25, -0.2) is 0 Å². The summed E-state index contributed by atoms with van der Waals surface area (Å²) >= 11 is 0. The third kappa shape index (κ3) is 4.14. The molecule has 5 heteroatoms. The van der Waals surface area contributed by atoms with Crippen LogP contribution < -0.4 is 9.47 Å². The molecule has 0 aliphatic carbocycles. The van der Waals surface area contributed by atoms with Crippen molar-refractivity contribution in [3.8, 4) is 11.5 Å². The molecule has 5 nitrogen and oxygen atoms in total. The number of carbonyl (C=O) groups is 1. The molecule has 0 bridgehead atoms. The van der Waals surface area contributed by atoms with Gasteiger partial charge < -0.3 is 20.1 Å². The number of nitrogens with zero attached hydrogens (tertiary/aromatic N) is 2. The van der Waals surface area contributed by atoms with E-state index >= 15 is 0 Å². The average Bonchev–Trinajstić information content (AvgIpc) is 2.54. The molecule has 0 radical (unpaired) electrons. The Morgan fingerprint density at radius 1 is 1.10 bits per heavy atom. The minimum Gasteiger partial charge on any atom is -0.706 e. The van der Waals surface area contributed by atoms with E-state index in [0.717, 1.165) is 5.56 Å². The number of carbonyl (C=O) groups excluding carboxylic acids is 1. The SMILES string of the molecule is COc1ccc(OC(=O)CCc2ccccc2N=[N-])cc1. The number of esters is 1. The van der Waals surface area contributed by atoms with Crippen molar-refractivity contribution in [1.29, 1.82) is 0 Å². The molecule has 0 aliphatic heterocycles. The summed E-state index contributed by atoms with van der Waals surface area (Å²) in [5, 5.41) is 3.19. The van der Waals surface area contributed by atoms with Gasteiger partial charge in [-0.15, -0.1) is 0 Å². The predicted molar refractivity (Wildman–Crippen MR) is 78.8 cm³/mol. The summed E-state index contributed by atoms with van der Waals surface area (Å²) < 4.78 is 10.3. The Morgan fingerprint density at radius 3 is 2.43 bits per heavy atom. The van der Waals surface area contributed by atoms with Crippen LogP contribution >= 0.6 is 0 Å². The number of rotatable bonds is 6. The molecule has 2 aromatic carbocycles. The number of hydrogen-bond acceptors (Lipinski definition) is 4. The summed E-state index contributed by atoms with van der Waals surface area (Å²) in [4.78, 5) is 11.8. The number of ether oxygens (including phenoxy) is 2. The Bertz CT molecular complexity index is 624. The van der Waals surface area contributed by atoms with Crippen molar-refractivity contribution in [3.63, 3.8) is 0 Å². The van der Waals surface area contributed by atoms with E-state index < -0.39 is 0 Å². The molecule has 0 heterocycles. The lowest BCUT2D eigenvalue weighted by Crippen LogP contribution is -2.09. The van der Waals surface area contributed by atoms with Crippen molar-refractivity contribution in [2.75, 3.05) is 7.11 Å². The van der Waals surface area contributed by atoms with Crippen LogP contribution in [0, 0.1) is 0 Å². The van der Waals surface area contributed by atoms with Gasteiger partial charge in [0.25, 0.3) is 0 Å². The Morgan fingerprint density at radius 2 is 1.76 bits per heavy atom. The van der Waals surface area contributed by atoms with Gasteiger partial charge in [-0.2, -0.15) is 0 Å². The predicted octanol–water partition coefficient (Wildman–Crippen LogP) is 3.89. The second-order valence-electron chi connectivity index (χ2n) is 4.38. The third-order valence-corrected chi connectivity index (χ3v) is 2.99. The highest BCUT2D eigenvalue weighted by atomic mass is 16.5. The first-order valence-corrected chi connectivity index (χ1v) is 6.50. The fourth-order valence-electron chi connectivity index (χ4n) is 1.88. The topological polar surface area (TPSA) is 70.2 Å². The average molecular weight is 283 g/mol. The zero-order valence-electron chi connectivity index (χ0n) is 11.7. The quantitative estimate of drug-likeness (QED) is 0.459. The molecular weight excluding hydrogens is 268 g/mol. The number of hydrogen-bond donors (Lipinski definition) is 0. The van der Waals surface area contributed by atoms with E-state index in [2.05, 4.69) is 5.11 Å². The fourth-order valence-corrected chi connectivity index (χ4v) is 1.88. The van der Waals surface area contributed by atoms with Gasteiger partial charge in [0.1, 0.15) is 11.5 Å². The molecule has 0 spiro atoms. The van der Waals surface area contributed by atoms with Crippen LogP contribution in [0.25, 0.3) is 5.53 Å². The number of methoxy groups -OCH3 is 1. The Hall–Kier alpha value is -2.69. The zero-order valence-corrected chi connectivity index (χ0v) is 11.7. The molecule has 0 atom stereocenters. The summed E-state index contributed by atoms with van der Waals surface area (Å²) in [5.74, 6) is 0.835. The van der Waals surface area contributed by atoms with Crippen LogP contribution in [0.4, 0.5) is 5.69 Å². The van der Waals surface area contributed by atoms with E-state index in [1.165, 1.54) is 0 Å². The summed E-state index contributed by atoms with van der Waals surface area (Å²) in [6.07, 6.45) is 0.660. The molecule has 0 aromatic heterocycles. The highest BCUT2D eigenvalue weighted by Crippen LogP contribution is 2.21. The molecule has 0 saturated carbocycles. The summed E-state index contributed by atoms with van der Waals surface area (Å²) in [5.41, 5.74) is 10.1. The summed E-state index contributed by atoms with van der Waals surface area (Å²) in [7, 11) is 1.57. The van der Waals surface area contributed by atoms with Crippen molar-refractivity contribution in [1.82, 2.24) is 0 Å². The second-order valence-corrected chi connectivity index (χ2v) is 4.38. The standard InChI is InChI=1S/C16H15N2O3/c1-20-13-7-9-14(10-8-13)21-16(19)11-6-12-4-2-3-5-15(12)18-17/h2-5,7-10H,6,11H2,1H3/q-1. The first-order chi connectivity index (χ1) is 10.2. The van der Waals surface area contributed by atoms with Gasteiger partial charge in [0.05, 0.1) is 13.5 Å². The van der Waals surface area contributed by atoms with Gasteiger partial charge in [0.2, 0.25) is 0 Å². The van der Waals surface area contributed by atoms with Crippen LogP contribution in [-0.2, 0) is 11.2 Å². The lowest BCUT2D eigenvalue weighted by atomic mass is 10.1. The molecule has 0 saturated heterocycles. The smallest absolute Gasteiger partial charge is 0.311 e. The van der Waals surface area contributed by atoms with Crippen LogP contribution in [0.3, 0.4) is 0 Å². The van der Waals surface area contributed by atoms with Crippen LogP contribution in [-0.4, -0.2) is 13.1 Å². The monoisotopic (exact) mass is 283 g/mol. The van der Waals surface area contributed by atoms with Crippen LogP contribution in [0.2, 0.25) is 0 Å². The van der Waals surface area contributed by atoms with Crippen molar-refractivity contribution in [3.05, 3.63) is 59.6 Å². The Labute approximate surface area is 123 Å². The van der Waals surface area contributed by atoms with Crippen molar-refractivity contribution >= 4 is 11.7 Å². The maximum Gasteiger partial charge on any atom is 0.311 e. The fraction of sp³-hybridized carbons (Fsp3) is 0.188. The first kappa shape index (κ1) is 14.7. The van der Waals surface area contributed by atoms with E-state index in [9.17, 15) is 4.79 Å². The normalized spacial score (nSPS) is 9.95. The molecule has 0 unspecified atom stereocenters. The van der Waals surface area contributed by atoms with E-state index in [1.807, 2.05) is 12.1 Å². The van der Waals surface area contributed by atoms with Gasteiger partial charge in [-0.1, -0.05) is 18.2 Å². The molecular formula is C16H15N2O3-. The van der Waals surface area contributed by atoms with Gasteiger partial charge >= 0.3 is 5.97 Å². The molecule has 21 heavy (non-hydrogen) atoms. The van der Waals surface area contributed by atoms with Gasteiger partial charge in [-0.05, 0) is 42.3 Å². The molecule has 0 amide bonds. The van der Waals surface area contributed by atoms with Crippen LogP contribution in [0.1, 0.15) is 12.0 Å². The number of aryl methyl sites for hydroxylation is 1. The number of benzene rings is 2. The minimum absolute atomic E-state index is 0.207. The zero-order chi connectivity index (χ0) is 15.1. The van der Waals surface area contributed by atoms with E-state index in [-0.39, 0.29) is 12.4 Å². The molecule has 108 valence electrons. The molecule has 0 fully saturated rings. The minimum atomic E-state index is -0.340. The van der Waals surface area contributed by atoms with Crippen LogP contribution in [0.5, 0.6) is 11.5 Å². The molecule has 2 aromatic rings. The third-order valence-electron chi connectivity index (χ3n) is 2.99. The highest BCUT2D eigenvalue weighted by Gasteiger charge is 2.07. The van der Waals surface area contributed by atoms with Crippen molar-refractivity contribution < 1.29 is 14.3 Å². The van der Waals surface area contributed by atoms with E-state index in [1.54, 1.807) is 43.5 Å². The summed E-state index contributed by atoms with van der Waals surface area (Å²) in [6, 6.07) is 13.9. The summed E-state index contributed by atoms with van der Waals surface area (Å²) in [6.45, 7) is 0. The van der Waals surface area contributed by atoms with Crippen molar-refractivity contribution in [2.45, 2.75) is 12.8 Å². The van der Waals surface area contributed by atoms with E-state index in [4.69, 9.17) is 15.0 Å². The lowest BCUT2D eigenvalue weighted by Gasteiger charge is -2.08. The maximum atomic E-state index is 11.8.